The molecule has 0 aliphatic heterocycles. The van der Waals surface area contributed by atoms with E-state index >= 15 is 0 Å². The van der Waals surface area contributed by atoms with Gasteiger partial charge < -0.3 is 9.13 Å². The van der Waals surface area contributed by atoms with Crippen LogP contribution in [0.25, 0.3) is 109 Å². The monoisotopic (exact) mass is 745 g/mol. The maximum atomic E-state index is 5.27. The topological polar surface area (TPSA) is 48.5 Å². The molecule has 0 spiro atoms. The standard InChI is InChI=1S/C51H31N5S/c1-4-16-32(17-5-1)49-52-50(33-18-6-2-7-19-33)54-51(53-49)42-31-35(30-41-38-24-12-15-27-45(38)57-48(41)42)56-44-26-14-11-23-37(44)40-29-28-39-36-22-10-13-25-43(36)55(46(39)47(40)56)34-20-8-3-9-21-34/h1-31H. The average molecular weight is 746 g/mol. The number of fused-ring (bicyclic) bond motifs is 10. The largest absolute Gasteiger partial charge is 0.307 e. The van der Waals surface area contributed by atoms with E-state index < -0.39 is 0 Å². The molecule has 4 heterocycles. The lowest BCUT2D eigenvalue weighted by molar-refractivity contribution is 1.07. The zero-order valence-corrected chi connectivity index (χ0v) is 31.4. The van der Waals surface area contributed by atoms with Gasteiger partial charge in [-0.1, -0.05) is 146 Å². The predicted molar refractivity (Wildman–Crippen MR) is 238 cm³/mol. The minimum absolute atomic E-state index is 0.644. The van der Waals surface area contributed by atoms with Gasteiger partial charge in [0.25, 0.3) is 0 Å². The number of thiophene rings is 1. The smallest absolute Gasteiger partial charge is 0.165 e. The van der Waals surface area contributed by atoms with Gasteiger partial charge in [0.2, 0.25) is 0 Å². The van der Waals surface area contributed by atoms with Crippen LogP contribution >= 0.6 is 11.3 Å². The Morgan fingerprint density at radius 1 is 0.351 bits per heavy atom. The molecular weight excluding hydrogens is 715 g/mol. The number of hydrogen-bond acceptors (Lipinski definition) is 4. The second kappa shape index (κ2) is 12.6. The Kier molecular flexibility index (Phi) is 7.03. The summed E-state index contributed by atoms with van der Waals surface area (Å²) >= 11 is 1.79. The first-order chi connectivity index (χ1) is 28.3. The molecule has 12 aromatic rings. The number of para-hydroxylation sites is 3. The van der Waals surface area contributed by atoms with Crippen LogP contribution in [-0.2, 0) is 0 Å². The van der Waals surface area contributed by atoms with Crippen molar-refractivity contribution in [2.24, 2.45) is 0 Å². The van der Waals surface area contributed by atoms with Gasteiger partial charge in [-0.3, -0.25) is 0 Å². The van der Waals surface area contributed by atoms with Gasteiger partial charge in [0.1, 0.15) is 0 Å². The fourth-order valence-electron chi connectivity index (χ4n) is 8.65. The van der Waals surface area contributed by atoms with E-state index in [0.29, 0.717) is 17.5 Å². The van der Waals surface area contributed by atoms with E-state index in [1.807, 2.05) is 36.4 Å². The van der Waals surface area contributed by atoms with Gasteiger partial charge in [0.05, 0.1) is 22.1 Å². The number of benzene rings is 8. The molecule has 266 valence electrons. The van der Waals surface area contributed by atoms with E-state index in [9.17, 15) is 0 Å². The lowest BCUT2D eigenvalue weighted by Gasteiger charge is -2.15. The molecule has 0 bridgehead atoms. The van der Waals surface area contributed by atoms with Crippen molar-refractivity contribution in [3.8, 4) is 45.5 Å². The van der Waals surface area contributed by atoms with Gasteiger partial charge in [0.15, 0.2) is 17.5 Å². The van der Waals surface area contributed by atoms with Crippen molar-refractivity contribution >= 4 is 75.1 Å². The molecule has 0 aliphatic rings. The summed E-state index contributed by atoms with van der Waals surface area (Å²) in [5, 5.41) is 7.23. The van der Waals surface area contributed by atoms with Crippen molar-refractivity contribution in [2.75, 3.05) is 0 Å². The zero-order valence-electron chi connectivity index (χ0n) is 30.5. The molecule has 0 fully saturated rings. The summed E-state index contributed by atoms with van der Waals surface area (Å²) in [5.74, 6) is 1.93. The van der Waals surface area contributed by atoms with Crippen molar-refractivity contribution < 1.29 is 0 Å². The highest BCUT2D eigenvalue weighted by Gasteiger charge is 2.24. The molecule has 0 radical (unpaired) electrons. The maximum absolute atomic E-state index is 5.27. The highest BCUT2D eigenvalue weighted by atomic mass is 32.1. The Hall–Kier alpha value is -7.41. The first-order valence-corrected chi connectivity index (χ1v) is 19.9. The van der Waals surface area contributed by atoms with Crippen molar-refractivity contribution in [1.29, 1.82) is 0 Å². The molecule has 4 aromatic heterocycles. The van der Waals surface area contributed by atoms with Crippen LogP contribution in [0, 0.1) is 0 Å². The van der Waals surface area contributed by atoms with E-state index in [0.717, 1.165) is 43.8 Å². The third-order valence-corrected chi connectivity index (χ3v) is 12.4. The minimum Gasteiger partial charge on any atom is -0.307 e. The number of hydrogen-bond donors (Lipinski definition) is 0. The Bertz CT molecular complexity index is 3450. The molecule has 8 aromatic carbocycles. The molecule has 0 amide bonds. The van der Waals surface area contributed by atoms with Gasteiger partial charge in [-0.2, -0.15) is 0 Å². The molecule has 5 nitrogen and oxygen atoms in total. The zero-order chi connectivity index (χ0) is 37.5. The quantitative estimate of drug-likeness (QED) is 0.176. The maximum Gasteiger partial charge on any atom is 0.165 e. The fourth-order valence-corrected chi connectivity index (χ4v) is 9.84. The summed E-state index contributed by atoms with van der Waals surface area (Å²) < 4.78 is 7.28. The number of rotatable bonds is 5. The summed E-state index contributed by atoms with van der Waals surface area (Å²) in [5.41, 5.74) is 9.68. The summed E-state index contributed by atoms with van der Waals surface area (Å²) in [4.78, 5) is 15.6. The van der Waals surface area contributed by atoms with E-state index in [1.54, 1.807) is 11.3 Å². The second-order valence-electron chi connectivity index (χ2n) is 14.4. The minimum atomic E-state index is 0.644. The Labute approximate surface area is 331 Å². The molecular formula is C51H31N5S. The molecule has 0 saturated carbocycles. The number of aromatic nitrogens is 5. The highest BCUT2D eigenvalue weighted by molar-refractivity contribution is 7.26. The van der Waals surface area contributed by atoms with Crippen LogP contribution in [0.2, 0.25) is 0 Å². The van der Waals surface area contributed by atoms with E-state index in [4.69, 9.17) is 15.0 Å². The summed E-state index contributed by atoms with van der Waals surface area (Å²) in [6.45, 7) is 0. The summed E-state index contributed by atoms with van der Waals surface area (Å²) in [7, 11) is 0. The van der Waals surface area contributed by atoms with Crippen LogP contribution in [0.5, 0.6) is 0 Å². The average Bonchev–Trinajstić information content (AvgIpc) is 3.95. The summed E-state index contributed by atoms with van der Waals surface area (Å²) in [6, 6.07) is 66.7. The van der Waals surface area contributed by atoms with Gasteiger partial charge in [-0.15, -0.1) is 11.3 Å². The predicted octanol–water partition coefficient (Wildman–Crippen LogP) is 13.4. The molecule has 0 saturated heterocycles. The van der Waals surface area contributed by atoms with E-state index in [1.165, 1.54) is 48.1 Å². The molecule has 0 unspecified atom stereocenters. The summed E-state index contributed by atoms with van der Waals surface area (Å²) in [6.07, 6.45) is 0. The Morgan fingerprint density at radius 3 is 1.42 bits per heavy atom. The Morgan fingerprint density at radius 2 is 0.825 bits per heavy atom. The van der Waals surface area contributed by atoms with Crippen LogP contribution in [-0.4, -0.2) is 24.1 Å². The molecule has 0 N–H and O–H groups in total. The number of nitrogens with zero attached hydrogens (tertiary/aromatic N) is 5. The van der Waals surface area contributed by atoms with Gasteiger partial charge in [-0.05, 0) is 42.5 Å². The van der Waals surface area contributed by atoms with Crippen LogP contribution in [0.3, 0.4) is 0 Å². The van der Waals surface area contributed by atoms with Crippen molar-refractivity contribution in [1.82, 2.24) is 24.1 Å². The first kappa shape index (κ1) is 31.9. The fraction of sp³-hybridized carbons (Fsp3) is 0. The van der Waals surface area contributed by atoms with Crippen LogP contribution in [0.4, 0.5) is 0 Å². The van der Waals surface area contributed by atoms with Crippen molar-refractivity contribution in [3.05, 3.63) is 188 Å². The molecule has 57 heavy (non-hydrogen) atoms. The van der Waals surface area contributed by atoms with E-state index in [-0.39, 0.29) is 0 Å². The van der Waals surface area contributed by atoms with Crippen LogP contribution < -0.4 is 0 Å². The van der Waals surface area contributed by atoms with Gasteiger partial charge in [0, 0.05) is 69.8 Å². The highest BCUT2D eigenvalue weighted by Crippen LogP contribution is 2.45. The lowest BCUT2D eigenvalue weighted by Crippen LogP contribution is -2.02. The normalized spacial score (nSPS) is 11.9. The lowest BCUT2D eigenvalue weighted by atomic mass is 10.1. The SMILES string of the molecule is c1ccc(-c2nc(-c3ccccc3)nc(-c3cc(-n4c5ccccc5c5ccc6c7ccccc7n(-c7ccccc7)c6c54)cc4c3sc3ccccc34)n2)cc1. The second-order valence-corrected chi connectivity index (χ2v) is 15.5. The van der Waals surface area contributed by atoms with Gasteiger partial charge in [-0.25, -0.2) is 15.0 Å². The molecule has 12 rings (SSSR count). The first-order valence-electron chi connectivity index (χ1n) is 19.1. The van der Waals surface area contributed by atoms with Crippen LogP contribution in [0.1, 0.15) is 0 Å². The molecule has 6 heteroatoms. The van der Waals surface area contributed by atoms with Gasteiger partial charge >= 0.3 is 0 Å². The van der Waals surface area contributed by atoms with Crippen molar-refractivity contribution in [2.45, 2.75) is 0 Å². The van der Waals surface area contributed by atoms with Crippen LogP contribution in [0.15, 0.2) is 188 Å². The van der Waals surface area contributed by atoms with Crippen molar-refractivity contribution in [3.63, 3.8) is 0 Å². The molecule has 0 aliphatic carbocycles. The molecule has 0 atom stereocenters. The van der Waals surface area contributed by atoms with E-state index in [2.05, 4.69) is 161 Å². The third-order valence-electron chi connectivity index (χ3n) is 11.1. The third kappa shape index (κ3) is 4.91. The Balaban J connectivity index is 1.24.